The van der Waals surface area contributed by atoms with Crippen molar-refractivity contribution in [2.24, 2.45) is 0 Å². The average Bonchev–Trinajstić information content (AvgIpc) is 2.72. The summed E-state index contributed by atoms with van der Waals surface area (Å²) >= 11 is 1.70. The molecule has 0 bridgehead atoms. The average molecular weight is 262 g/mol. The van der Waals surface area contributed by atoms with Crippen LogP contribution < -0.4 is 5.32 Å². The summed E-state index contributed by atoms with van der Waals surface area (Å²) in [6, 6.07) is 1.96. The van der Waals surface area contributed by atoms with Crippen molar-refractivity contribution in [2.45, 2.75) is 40.2 Å². The number of nitrogens with zero attached hydrogens (tertiary/aromatic N) is 3. The summed E-state index contributed by atoms with van der Waals surface area (Å²) in [5, 5.41) is 4.39. The van der Waals surface area contributed by atoms with Gasteiger partial charge in [0.2, 0.25) is 0 Å². The van der Waals surface area contributed by atoms with Crippen LogP contribution in [0.1, 0.15) is 41.2 Å². The van der Waals surface area contributed by atoms with E-state index in [0.29, 0.717) is 12.5 Å². The third-order valence-electron chi connectivity index (χ3n) is 2.48. The highest BCUT2D eigenvalue weighted by Crippen LogP contribution is 2.16. The van der Waals surface area contributed by atoms with Gasteiger partial charge in [0.15, 0.2) is 0 Å². The molecule has 0 aliphatic rings. The van der Waals surface area contributed by atoms with E-state index in [-0.39, 0.29) is 0 Å². The molecule has 0 amide bonds. The van der Waals surface area contributed by atoms with Gasteiger partial charge in [-0.3, -0.25) is 0 Å². The highest BCUT2D eigenvalue weighted by atomic mass is 32.1. The first kappa shape index (κ1) is 13.0. The van der Waals surface area contributed by atoms with Gasteiger partial charge >= 0.3 is 0 Å². The number of aryl methyl sites for hydroxylation is 2. The van der Waals surface area contributed by atoms with Crippen LogP contribution in [0.4, 0.5) is 5.82 Å². The SMILES string of the molecule is Cc1cc(NCc2ncc(C)s2)nc(C(C)C)n1. The van der Waals surface area contributed by atoms with E-state index in [2.05, 4.69) is 41.0 Å². The first-order valence-corrected chi connectivity index (χ1v) is 6.87. The fraction of sp³-hybridized carbons (Fsp3) is 0.462. The second kappa shape index (κ2) is 5.44. The van der Waals surface area contributed by atoms with Crippen LogP contribution in [-0.2, 0) is 6.54 Å². The van der Waals surface area contributed by atoms with Crippen molar-refractivity contribution in [1.29, 1.82) is 0 Å². The molecular formula is C13H18N4S. The summed E-state index contributed by atoms with van der Waals surface area (Å²) in [7, 11) is 0. The van der Waals surface area contributed by atoms with Crippen LogP contribution >= 0.6 is 11.3 Å². The van der Waals surface area contributed by atoms with Gasteiger partial charge in [0.1, 0.15) is 16.6 Å². The van der Waals surface area contributed by atoms with Crippen LogP contribution in [0.15, 0.2) is 12.3 Å². The minimum atomic E-state index is 0.340. The molecule has 1 N–H and O–H groups in total. The Labute approximate surface area is 112 Å². The van der Waals surface area contributed by atoms with Gasteiger partial charge in [0, 0.05) is 28.8 Å². The number of anilines is 1. The highest BCUT2D eigenvalue weighted by molar-refractivity contribution is 7.11. The molecule has 0 saturated carbocycles. The summed E-state index contributed by atoms with van der Waals surface area (Å²) in [6.07, 6.45) is 1.90. The zero-order valence-corrected chi connectivity index (χ0v) is 12.0. The number of nitrogens with one attached hydrogen (secondary N) is 1. The predicted molar refractivity (Wildman–Crippen MR) is 75.0 cm³/mol. The third-order valence-corrected chi connectivity index (χ3v) is 3.39. The molecule has 2 heterocycles. The maximum absolute atomic E-state index is 4.51. The lowest BCUT2D eigenvalue weighted by atomic mass is 10.2. The van der Waals surface area contributed by atoms with E-state index in [1.54, 1.807) is 11.3 Å². The van der Waals surface area contributed by atoms with Crippen molar-refractivity contribution < 1.29 is 0 Å². The fourth-order valence-corrected chi connectivity index (χ4v) is 2.32. The Morgan fingerprint density at radius 3 is 2.67 bits per heavy atom. The van der Waals surface area contributed by atoms with Crippen LogP contribution in [0.2, 0.25) is 0 Å². The number of thiazole rings is 1. The van der Waals surface area contributed by atoms with Gasteiger partial charge in [0.25, 0.3) is 0 Å². The maximum Gasteiger partial charge on any atom is 0.133 e. The molecular weight excluding hydrogens is 244 g/mol. The number of hydrogen-bond donors (Lipinski definition) is 1. The van der Waals surface area contributed by atoms with E-state index in [1.165, 1.54) is 4.88 Å². The molecule has 4 nitrogen and oxygen atoms in total. The number of aromatic nitrogens is 3. The van der Waals surface area contributed by atoms with Gasteiger partial charge in [-0.15, -0.1) is 11.3 Å². The van der Waals surface area contributed by atoms with Crippen molar-refractivity contribution >= 4 is 17.2 Å². The fourth-order valence-electron chi connectivity index (χ4n) is 1.59. The molecule has 0 fully saturated rings. The molecule has 0 saturated heterocycles. The highest BCUT2D eigenvalue weighted by Gasteiger charge is 2.06. The number of hydrogen-bond acceptors (Lipinski definition) is 5. The summed E-state index contributed by atoms with van der Waals surface area (Å²) in [6.45, 7) is 8.97. The molecule has 0 aliphatic heterocycles. The molecule has 0 unspecified atom stereocenters. The molecule has 96 valence electrons. The summed E-state index contributed by atoms with van der Waals surface area (Å²) in [5.74, 6) is 2.10. The monoisotopic (exact) mass is 262 g/mol. The Bertz CT molecular complexity index is 534. The second-order valence-corrected chi connectivity index (χ2v) is 5.94. The molecule has 0 radical (unpaired) electrons. The topological polar surface area (TPSA) is 50.7 Å². The minimum Gasteiger partial charge on any atom is -0.363 e. The maximum atomic E-state index is 4.51. The Balaban J connectivity index is 2.09. The van der Waals surface area contributed by atoms with Crippen LogP contribution in [0.25, 0.3) is 0 Å². The lowest BCUT2D eigenvalue weighted by Crippen LogP contribution is -2.06. The summed E-state index contributed by atoms with van der Waals surface area (Å²) in [5.41, 5.74) is 0.992. The lowest BCUT2D eigenvalue weighted by molar-refractivity contribution is 0.766. The van der Waals surface area contributed by atoms with Gasteiger partial charge in [-0.25, -0.2) is 15.0 Å². The van der Waals surface area contributed by atoms with Crippen molar-refractivity contribution in [2.75, 3.05) is 5.32 Å². The van der Waals surface area contributed by atoms with E-state index in [4.69, 9.17) is 0 Å². The second-order valence-electron chi connectivity index (χ2n) is 4.63. The van der Waals surface area contributed by atoms with Crippen LogP contribution in [0.3, 0.4) is 0 Å². The van der Waals surface area contributed by atoms with Crippen molar-refractivity contribution in [1.82, 2.24) is 15.0 Å². The van der Waals surface area contributed by atoms with E-state index in [1.807, 2.05) is 19.2 Å². The quantitative estimate of drug-likeness (QED) is 0.918. The predicted octanol–water partition coefficient (Wildman–Crippen LogP) is 3.29. The van der Waals surface area contributed by atoms with Gasteiger partial charge in [-0.05, 0) is 13.8 Å². The standard InChI is InChI=1S/C13H18N4S/c1-8(2)13-16-9(3)5-11(17-13)14-7-12-15-6-10(4)18-12/h5-6,8H,7H2,1-4H3,(H,14,16,17). The van der Waals surface area contributed by atoms with E-state index < -0.39 is 0 Å². The zero-order valence-electron chi connectivity index (χ0n) is 11.2. The smallest absolute Gasteiger partial charge is 0.133 e. The van der Waals surface area contributed by atoms with Crippen LogP contribution in [0, 0.1) is 13.8 Å². The molecule has 0 spiro atoms. The third kappa shape index (κ3) is 3.26. The molecule has 0 aliphatic carbocycles. The van der Waals surface area contributed by atoms with Crippen molar-refractivity contribution in [3.05, 3.63) is 33.7 Å². The Morgan fingerprint density at radius 2 is 2.06 bits per heavy atom. The van der Waals surface area contributed by atoms with E-state index >= 15 is 0 Å². The van der Waals surface area contributed by atoms with E-state index in [9.17, 15) is 0 Å². The van der Waals surface area contributed by atoms with Crippen LogP contribution in [0.5, 0.6) is 0 Å². The van der Waals surface area contributed by atoms with E-state index in [0.717, 1.165) is 22.3 Å². The molecule has 2 aromatic rings. The molecule has 2 rings (SSSR count). The Morgan fingerprint density at radius 1 is 1.28 bits per heavy atom. The first-order chi connectivity index (χ1) is 8.54. The van der Waals surface area contributed by atoms with Gasteiger partial charge < -0.3 is 5.32 Å². The van der Waals surface area contributed by atoms with Crippen LogP contribution in [-0.4, -0.2) is 15.0 Å². The van der Waals surface area contributed by atoms with Gasteiger partial charge in [-0.2, -0.15) is 0 Å². The molecule has 0 aromatic carbocycles. The summed E-state index contributed by atoms with van der Waals surface area (Å²) in [4.78, 5) is 14.5. The number of rotatable bonds is 4. The zero-order chi connectivity index (χ0) is 13.1. The molecule has 2 aromatic heterocycles. The summed E-state index contributed by atoms with van der Waals surface area (Å²) < 4.78 is 0. The van der Waals surface area contributed by atoms with Gasteiger partial charge in [0.05, 0.1) is 6.54 Å². The Kier molecular flexibility index (Phi) is 3.91. The largest absolute Gasteiger partial charge is 0.363 e. The first-order valence-electron chi connectivity index (χ1n) is 6.05. The van der Waals surface area contributed by atoms with Crippen molar-refractivity contribution in [3.63, 3.8) is 0 Å². The molecule has 0 atom stereocenters. The molecule has 5 heteroatoms. The lowest BCUT2D eigenvalue weighted by Gasteiger charge is -2.09. The normalized spacial score (nSPS) is 10.9. The minimum absolute atomic E-state index is 0.340. The Hall–Kier alpha value is -1.49. The molecule has 18 heavy (non-hydrogen) atoms. The van der Waals surface area contributed by atoms with Crippen molar-refractivity contribution in [3.8, 4) is 0 Å². The van der Waals surface area contributed by atoms with Gasteiger partial charge in [-0.1, -0.05) is 13.8 Å².